The Balaban J connectivity index is 1.50. The number of aromatic nitrogens is 4. The Morgan fingerprint density at radius 1 is 1.27 bits per heavy atom. The second-order valence-corrected chi connectivity index (χ2v) is 10.6. The minimum atomic E-state index is -4.54. The average Bonchev–Trinajstić information content (AvgIpc) is 3.31. The number of benzene rings is 1. The summed E-state index contributed by atoms with van der Waals surface area (Å²) in [6.07, 6.45) is 0.648. The van der Waals surface area contributed by atoms with E-state index < -0.39 is 29.4 Å². The van der Waals surface area contributed by atoms with Gasteiger partial charge in [0.15, 0.2) is 11.9 Å². The van der Waals surface area contributed by atoms with Crippen LogP contribution in [-0.4, -0.2) is 64.0 Å². The second kappa shape index (κ2) is 11.6. The van der Waals surface area contributed by atoms with Crippen LogP contribution in [0.15, 0.2) is 40.2 Å². The Morgan fingerprint density at radius 2 is 2.05 bits per heavy atom. The van der Waals surface area contributed by atoms with Gasteiger partial charge in [-0.3, -0.25) is 14.3 Å². The third kappa shape index (κ3) is 6.01. The number of alkyl halides is 3. The van der Waals surface area contributed by atoms with Gasteiger partial charge in [-0.25, -0.2) is 0 Å². The van der Waals surface area contributed by atoms with E-state index in [-0.39, 0.29) is 29.4 Å². The molecule has 2 aliphatic rings. The van der Waals surface area contributed by atoms with Gasteiger partial charge in [-0.05, 0) is 30.9 Å². The Labute approximate surface area is 239 Å². The van der Waals surface area contributed by atoms with Crippen molar-refractivity contribution in [1.29, 1.82) is 0 Å². The number of ether oxygens (including phenoxy) is 1. The molecule has 4 heterocycles. The number of anilines is 1. The lowest BCUT2D eigenvalue weighted by Crippen LogP contribution is -2.36. The van der Waals surface area contributed by atoms with Crippen LogP contribution in [0.25, 0.3) is 0 Å². The fraction of sp³-hybridized carbons (Fsp3) is 0.444. The van der Waals surface area contributed by atoms with Crippen LogP contribution in [-0.2, 0) is 30.4 Å². The third-order valence-corrected chi connectivity index (χ3v) is 7.43. The van der Waals surface area contributed by atoms with Crippen molar-refractivity contribution in [2.75, 3.05) is 32.1 Å². The molecule has 41 heavy (non-hydrogen) atoms. The van der Waals surface area contributed by atoms with Crippen molar-refractivity contribution in [2.45, 2.75) is 51.2 Å². The van der Waals surface area contributed by atoms with Gasteiger partial charge in [0, 0.05) is 51.5 Å². The van der Waals surface area contributed by atoms with E-state index in [0.29, 0.717) is 42.9 Å². The predicted octanol–water partition coefficient (Wildman–Crippen LogP) is 4.15. The molecule has 0 saturated carbocycles. The van der Waals surface area contributed by atoms with Gasteiger partial charge < -0.3 is 14.5 Å². The molecule has 14 heteroatoms. The topological polar surface area (TPSA) is 97.9 Å². The molecule has 1 saturated heterocycles. The molecule has 0 radical (unpaired) electrons. The van der Waals surface area contributed by atoms with Gasteiger partial charge in [0.2, 0.25) is 0 Å². The Bertz CT molecular complexity index is 1530. The van der Waals surface area contributed by atoms with Crippen LogP contribution >= 0.6 is 11.6 Å². The van der Waals surface area contributed by atoms with Crippen molar-refractivity contribution < 1.29 is 22.7 Å². The van der Waals surface area contributed by atoms with E-state index in [2.05, 4.69) is 15.2 Å². The van der Waals surface area contributed by atoms with Gasteiger partial charge in [0.05, 0.1) is 30.3 Å². The zero-order valence-electron chi connectivity index (χ0n) is 22.6. The highest BCUT2D eigenvalue weighted by atomic mass is 35.5. The molecule has 10 nitrogen and oxygen atoms in total. The van der Waals surface area contributed by atoms with Crippen LogP contribution in [0.1, 0.15) is 58.4 Å². The minimum absolute atomic E-state index is 0.0253. The first-order valence-electron chi connectivity index (χ1n) is 13.2. The molecular weight excluding hydrogens is 563 g/mol. The van der Waals surface area contributed by atoms with Crippen LogP contribution in [0.4, 0.5) is 18.9 Å². The summed E-state index contributed by atoms with van der Waals surface area (Å²) in [4.78, 5) is 33.5. The van der Waals surface area contributed by atoms with Gasteiger partial charge in [0.25, 0.3) is 11.5 Å². The Kier molecular flexibility index (Phi) is 8.18. The van der Waals surface area contributed by atoms with Gasteiger partial charge in [-0.15, -0.1) is 0 Å². The summed E-state index contributed by atoms with van der Waals surface area (Å²) in [5.74, 6) is -0.631. The van der Waals surface area contributed by atoms with Crippen molar-refractivity contribution in [1.82, 2.24) is 24.5 Å². The predicted molar refractivity (Wildman–Crippen MR) is 146 cm³/mol. The standard InChI is InChI=1S/C27H29ClF3N7O3/c1-35(2)16-32-25(39)24-18-15-36(21-13-33-38(26(40)23(21)28)22-9-5-6-12-41-22)11-10-20(18)37(34-24)14-17-7-3-4-8-19(17)27(29,30)31/h3-4,7-8,13,16,22H,5-6,9-12,14-15H2,1-2H3/b32-16+. The van der Waals surface area contributed by atoms with Crippen LogP contribution in [0, 0.1) is 0 Å². The number of carbonyl (C=O) groups is 1. The molecule has 1 atom stereocenters. The normalized spacial score (nSPS) is 17.6. The highest BCUT2D eigenvalue weighted by Crippen LogP contribution is 2.34. The van der Waals surface area contributed by atoms with Gasteiger partial charge in [0.1, 0.15) is 5.02 Å². The molecule has 218 valence electrons. The zero-order chi connectivity index (χ0) is 29.3. The van der Waals surface area contributed by atoms with E-state index >= 15 is 0 Å². The first-order chi connectivity index (χ1) is 19.5. The quantitative estimate of drug-likeness (QED) is 0.314. The number of aliphatic imine (C=N–C) groups is 1. The second-order valence-electron chi connectivity index (χ2n) is 10.2. The van der Waals surface area contributed by atoms with E-state index in [0.717, 1.165) is 18.9 Å². The number of hydrogen-bond acceptors (Lipinski definition) is 6. The number of halogens is 4. The molecule has 1 unspecified atom stereocenters. The highest BCUT2D eigenvalue weighted by Gasteiger charge is 2.35. The molecule has 1 amide bonds. The van der Waals surface area contributed by atoms with Crippen LogP contribution in [0.5, 0.6) is 0 Å². The van der Waals surface area contributed by atoms with E-state index in [1.54, 1.807) is 19.0 Å². The molecule has 3 aromatic rings. The SMILES string of the molecule is CN(C)/C=N/C(=O)c1nn(Cc2ccccc2C(F)(F)F)c2c1CN(c1cnn(C3CCCCO3)c(=O)c1Cl)CC2. The minimum Gasteiger partial charge on any atom is -0.369 e. The number of rotatable bonds is 6. The monoisotopic (exact) mass is 591 g/mol. The van der Waals surface area contributed by atoms with Gasteiger partial charge in [-0.2, -0.15) is 33.0 Å². The summed E-state index contributed by atoms with van der Waals surface area (Å²) in [6.45, 7) is 0.874. The molecule has 1 fully saturated rings. The van der Waals surface area contributed by atoms with Crippen molar-refractivity contribution >= 4 is 29.5 Å². The maximum atomic E-state index is 13.7. The lowest BCUT2D eigenvalue weighted by atomic mass is 10.0. The Hall–Kier alpha value is -3.71. The number of amides is 1. The van der Waals surface area contributed by atoms with Crippen molar-refractivity contribution in [2.24, 2.45) is 4.99 Å². The summed E-state index contributed by atoms with van der Waals surface area (Å²) in [5.41, 5.74) is 0.338. The molecule has 0 N–H and O–H groups in total. The molecule has 0 spiro atoms. The largest absolute Gasteiger partial charge is 0.416 e. The lowest BCUT2D eigenvalue weighted by Gasteiger charge is -2.30. The summed E-state index contributed by atoms with van der Waals surface area (Å²) in [5, 5.41) is 8.74. The van der Waals surface area contributed by atoms with E-state index in [4.69, 9.17) is 16.3 Å². The highest BCUT2D eigenvalue weighted by molar-refractivity contribution is 6.33. The lowest BCUT2D eigenvalue weighted by molar-refractivity contribution is -0.138. The summed E-state index contributed by atoms with van der Waals surface area (Å²) >= 11 is 6.54. The summed E-state index contributed by atoms with van der Waals surface area (Å²) in [6, 6.07) is 5.29. The number of fused-ring (bicyclic) bond motifs is 1. The van der Waals surface area contributed by atoms with E-state index in [1.165, 1.54) is 40.1 Å². The molecule has 1 aromatic carbocycles. The molecule has 2 aliphatic heterocycles. The molecular formula is C27H29ClF3N7O3. The fourth-order valence-corrected chi connectivity index (χ4v) is 5.36. The first-order valence-corrected chi connectivity index (χ1v) is 13.5. The van der Waals surface area contributed by atoms with Gasteiger partial charge >= 0.3 is 6.18 Å². The first kappa shape index (κ1) is 28.8. The average molecular weight is 592 g/mol. The Morgan fingerprint density at radius 3 is 2.76 bits per heavy atom. The van der Waals surface area contributed by atoms with E-state index in [1.807, 2.05) is 4.90 Å². The number of nitrogens with zero attached hydrogens (tertiary/aromatic N) is 7. The van der Waals surface area contributed by atoms with Crippen LogP contribution in [0.2, 0.25) is 5.02 Å². The van der Waals surface area contributed by atoms with Crippen molar-refractivity contribution in [3.63, 3.8) is 0 Å². The fourth-order valence-electron chi connectivity index (χ4n) is 5.10. The van der Waals surface area contributed by atoms with Gasteiger partial charge in [-0.1, -0.05) is 29.8 Å². The third-order valence-electron chi connectivity index (χ3n) is 7.08. The summed E-state index contributed by atoms with van der Waals surface area (Å²) in [7, 11) is 3.41. The molecule has 0 bridgehead atoms. The van der Waals surface area contributed by atoms with Crippen molar-refractivity contribution in [3.05, 3.63) is 73.9 Å². The van der Waals surface area contributed by atoms with Crippen LogP contribution in [0.3, 0.4) is 0 Å². The zero-order valence-corrected chi connectivity index (χ0v) is 23.3. The molecule has 5 rings (SSSR count). The smallest absolute Gasteiger partial charge is 0.369 e. The number of carbonyl (C=O) groups excluding carboxylic acids is 1. The molecule has 2 aromatic heterocycles. The number of hydrogen-bond donors (Lipinski definition) is 0. The van der Waals surface area contributed by atoms with E-state index in [9.17, 15) is 22.8 Å². The maximum Gasteiger partial charge on any atom is 0.416 e. The summed E-state index contributed by atoms with van der Waals surface area (Å²) < 4.78 is 49.4. The van der Waals surface area contributed by atoms with Crippen LogP contribution < -0.4 is 10.5 Å². The molecule has 0 aliphatic carbocycles. The maximum absolute atomic E-state index is 13.7. The van der Waals surface area contributed by atoms with Crippen molar-refractivity contribution in [3.8, 4) is 0 Å².